The molecule has 2 rings (SSSR count). The Morgan fingerprint density at radius 2 is 2.05 bits per heavy atom. The van der Waals surface area contributed by atoms with Gasteiger partial charge in [0.2, 0.25) is 0 Å². The zero-order valence-corrected chi connectivity index (χ0v) is 12.4. The zero-order chi connectivity index (χ0) is 15.3. The molecule has 0 saturated heterocycles. The molecule has 110 valence electrons. The molecule has 2 aromatic rings. The number of anilines is 1. The Bertz CT molecular complexity index is 644. The number of nitrogens with zero attached hydrogens (tertiary/aromatic N) is 1. The van der Waals surface area contributed by atoms with Gasteiger partial charge in [0, 0.05) is 27.4 Å². The summed E-state index contributed by atoms with van der Waals surface area (Å²) in [6, 6.07) is 10.7. The van der Waals surface area contributed by atoms with E-state index in [0.29, 0.717) is 22.7 Å². The van der Waals surface area contributed by atoms with E-state index < -0.39 is 11.9 Å². The number of halogens is 3. The maximum absolute atomic E-state index is 12.3. The molecule has 0 aliphatic heterocycles. The van der Waals surface area contributed by atoms with Gasteiger partial charge in [0.15, 0.2) is 0 Å². The van der Waals surface area contributed by atoms with Crippen LogP contribution >= 0.6 is 23.1 Å². The molecule has 0 aliphatic carbocycles. The third-order valence-corrected chi connectivity index (χ3v) is 4.59. The van der Waals surface area contributed by atoms with E-state index in [1.54, 1.807) is 35.7 Å². The third kappa shape index (κ3) is 4.99. The van der Waals surface area contributed by atoms with E-state index >= 15 is 0 Å². The molecule has 0 fully saturated rings. The molecule has 0 bridgehead atoms. The molecule has 0 amide bonds. The van der Waals surface area contributed by atoms with Crippen LogP contribution in [0.4, 0.5) is 18.9 Å². The van der Waals surface area contributed by atoms with Crippen molar-refractivity contribution < 1.29 is 13.2 Å². The van der Waals surface area contributed by atoms with Crippen LogP contribution < -0.4 is 5.32 Å². The molecular formula is C14H11F3N2S2. The van der Waals surface area contributed by atoms with Crippen molar-refractivity contribution in [1.29, 1.82) is 5.26 Å². The van der Waals surface area contributed by atoms with Gasteiger partial charge in [0.25, 0.3) is 0 Å². The van der Waals surface area contributed by atoms with Gasteiger partial charge in [-0.15, -0.1) is 23.1 Å². The maximum atomic E-state index is 12.3. The lowest BCUT2D eigenvalue weighted by Gasteiger charge is -2.12. The van der Waals surface area contributed by atoms with E-state index in [1.165, 1.54) is 11.3 Å². The van der Waals surface area contributed by atoms with Crippen molar-refractivity contribution in [2.24, 2.45) is 0 Å². The summed E-state index contributed by atoms with van der Waals surface area (Å²) in [7, 11) is 0. The van der Waals surface area contributed by atoms with Gasteiger partial charge in [-0.25, -0.2) is 0 Å². The van der Waals surface area contributed by atoms with Gasteiger partial charge in [-0.2, -0.15) is 18.4 Å². The van der Waals surface area contributed by atoms with Crippen molar-refractivity contribution in [3.8, 4) is 6.07 Å². The molecular weight excluding hydrogens is 317 g/mol. The molecule has 1 heterocycles. The Morgan fingerprint density at radius 3 is 2.71 bits per heavy atom. The maximum Gasteiger partial charge on any atom is 0.398 e. The first kappa shape index (κ1) is 15.7. The molecule has 1 aromatic carbocycles. The second-order valence-corrected chi connectivity index (χ2v) is 6.18. The van der Waals surface area contributed by atoms with Crippen LogP contribution in [-0.2, 0) is 6.54 Å². The molecule has 0 aliphatic rings. The quantitative estimate of drug-likeness (QED) is 0.794. The SMILES string of the molecule is N#Cc1csc(CNc2ccccc2SCC(F)(F)F)c1. The normalized spacial score (nSPS) is 11.1. The smallest absolute Gasteiger partial charge is 0.379 e. The van der Waals surface area contributed by atoms with Crippen LogP contribution in [0.1, 0.15) is 10.4 Å². The number of nitrogens with one attached hydrogen (secondary N) is 1. The number of thiophene rings is 1. The first-order chi connectivity index (χ1) is 9.98. The molecule has 21 heavy (non-hydrogen) atoms. The van der Waals surface area contributed by atoms with Gasteiger partial charge < -0.3 is 5.32 Å². The number of hydrogen-bond acceptors (Lipinski definition) is 4. The summed E-state index contributed by atoms with van der Waals surface area (Å²) in [4.78, 5) is 1.52. The summed E-state index contributed by atoms with van der Waals surface area (Å²) in [6.45, 7) is 0.482. The highest BCUT2D eigenvalue weighted by Crippen LogP contribution is 2.32. The minimum absolute atomic E-state index is 0.482. The van der Waals surface area contributed by atoms with E-state index in [0.717, 1.165) is 16.6 Å². The monoisotopic (exact) mass is 328 g/mol. The zero-order valence-electron chi connectivity index (χ0n) is 10.8. The van der Waals surface area contributed by atoms with Gasteiger partial charge >= 0.3 is 6.18 Å². The Morgan fingerprint density at radius 1 is 1.29 bits per heavy atom. The number of nitriles is 1. The average Bonchev–Trinajstić information content (AvgIpc) is 2.91. The molecule has 0 unspecified atom stereocenters. The predicted octanol–water partition coefficient (Wildman–Crippen LogP) is 4.89. The van der Waals surface area contributed by atoms with E-state index in [2.05, 4.69) is 5.32 Å². The Labute approximate surface area is 128 Å². The third-order valence-electron chi connectivity index (χ3n) is 2.51. The summed E-state index contributed by atoms with van der Waals surface area (Å²) in [5.41, 5.74) is 1.26. The number of thioether (sulfide) groups is 1. The summed E-state index contributed by atoms with van der Waals surface area (Å²) in [6.07, 6.45) is -4.19. The van der Waals surface area contributed by atoms with Crippen LogP contribution in [0, 0.1) is 11.3 Å². The number of para-hydroxylation sites is 1. The van der Waals surface area contributed by atoms with Gasteiger partial charge in [-0.05, 0) is 18.2 Å². The summed E-state index contributed by atoms with van der Waals surface area (Å²) in [5, 5.41) is 13.6. The van der Waals surface area contributed by atoms with Crippen LogP contribution in [0.2, 0.25) is 0 Å². The van der Waals surface area contributed by atoms with Crippen molar-refractivity contribution in [2.75, 3.05) is 11.1 Å². The number of hydrogen-bond donors (Lipinski definition) is 1. The van der Waals surface area contributed by atoms with E-state index in [9.17, 15) is 13.2 Å². The summed E-state index contributed by atoms with van der Waals surface area (Å²) < 4.78 is 36.9. The standard InChI is InChI=1S/C14H11F3N2S2/c15-14(16,17)9-21-13-4-2-1-3-12(13)19-7-11-5-10(6-18)8-20-11/h1-5,8,19H,7,9H2. The minimum Gasteiger partial charge on any atom is -0.379 e. The molecule has 0 spiro atoms. The minimum atomic E-state index is -4.19. The number of benzene rings is 1. The highest BCUT2D eigenvalue weighted by molar-refractivity contribution is 7.99. The average molecular weight is 328 g/mol. The van der Waals surface area contributed by atoms with Crippen LogP contribution in [-0.4, -0.2) is 11.9 Å². The summed E-state index contributed by atoms with van der Waals surface area (Å²) in [5.74, 6) is -0.913. The van der Waals surface area contributed by atoms with E-state index in [-0.39, 0.29) is 0 Å². The molecule has 7 heteroatoms. The Balaban J connectivity index is 2.01. The first-order valence-electron chi connectivity index (χ1n) is 5.98. The van der Waals surface area contributed by atoms with Crippen LogP contribution in [0.5, 0.6) is 0 Å². The molecule has 0 radical (unpaired) electrons. The fourth-order valence-electron chi connectivity index (χ4n) is 1.61. The lowest BCUT2D eigenvalue weighted by Crippen LogP contribution is -2.11. The number of rotatable bonds is 5. The second-order valence-electron chi connectivity index (χ2n) is 4.17. The lowest BCUT2D eigenvalue weighted by molar-refractivity contribution is -0.105. The van der Waals surface area contributed by atoms with Crippen molar-refractivity contribution in [3.63, 3.8) is 0 Å². The fraction of sp³-hybridized carbons (Fsp3) is 0.214. The highest BCUT2D eigenvalue weighted by atomic mass is 32.2. The Kier molecular flexibility index (Phi) is 5.15. The molecule has 1 N–H and O–H groups in total. The molecule has 2 nitrogen and oxygen atoms in total. The molecule has 1 aromatic heterocycles. The van der Waals surface area contributed by atoms with Crippen molar-refractivity contribution in [2.45, 2.75) is 17.6 Å². The van der Waals surface area contributed by atoms with Crippen molar-refractivity contribution in [3.05, 3.63) is 46.2 Å². The van der Waals surface area contributed by atoms with Crippen LogP contribution in [0.15, 0.2) is 40.6 Å². The number of alkyl halides is 3. The highest BCUT2D eigenvalue weighted by Gasteiger charge is 2.27. The van der Waals surface area contributed by atoms with Gasteiger partial charge in [-0.1, -0.05) is 12.1 Å². The van der Waals surface area contributed by atoms with Crippen molar-refractivity contribution >= 4 is 28.8 Å². The van der Waals surface area contributed by atoms with Crippen LogP contribution in [0.3, 0.4) is 0 Å². The topological polar surface area (TPSA) is 35.8 Å². The van der Waals surface area contributed by atoms with Gasteiger partial charge in [0.1, 0.15) is 6.07 Å². The summed E-state index contributed by atoms with van der Waals surface area (Å²) >= 11 is 2.21. The van der Waals surface area contributed by atoms with E-state index in [1.807, 2.05) is 6.07 Å². The largest absolute Gasteiger partial charge is 0.398 e. The fourth-order valence-corrected chi connectivity index (χ4v) is 3.15. The first-order valence-corrected chi connectivity index (χ1v) is 7.84. The molecule has 0 saturated carbocycles. The lowest BCUT2D eigenvalue weighted by atomic mass is 10.3. The van der Waals surface area contributed by atoms with Crippen LogP contribution in [0.25, 0.3) is 0 Å². The van der Waals surface area contributed by atoms with Gasteiger partial charge in [0.05, 0.1) is 11.3 Å². The van der Waals surface area contributed by atoms with Gasteiger partial charge in [-0.3, -0.25) is 0 Å². The predicted molar refractivity (Wildman–Crippen MR) is 79.6 cm³/mol. The Hall–Kier alpha value is -1.65. The van der Waals surface area contributed by atoms with Crippen molar-refractivity contribution in [1.82, 2.24) is 0 Å². The molecule has 0 atom stereocenters. The van der Waals surface area contributed by atoms with E-state index in [4.69, 9.17) is 5.26 Å². The second kappa shape index (κ2) is 6.87.